The van der Waals surface area contributed by atoms with Crippen molar-refractivity contribution in [2.45, 2.75) is 25.9 Å². The number of aliphatic hydroxyl groups is 1. The Hall–Kier alpha value is -0.160. The van der Waals surface area contributed by atoms with Gasteiger partial charge in [0.25, 0.3) is 0 Å². The lowest BCUT2D eigenvalue weighted by molar-refractivity contribution is -0.0748. The highest BCUT2D eigenvalue weighted by Gasteiger charge is 2.33. The van der Waals surface area contributed by atoms with Gasteiger partial charge in [-0.25, -0.2) is 0 Å². The fourth-order valence-electron chi connectivity index (χ4n) is 1.39. The van der Waals surface area contributed by atoms with Gasteiger partial charge >= 0.3 is 0 Å². The van der Waals surface area contributed by atoms with Gasteiger partial charge in [-0.15, -0.1) is 0 Å². The maximum absolute atomic E-state index is 10.1. The predicted molar refractivity (Wildman–Crippen MR) is 53.3 cm³/mol. The second-order valence-corrected chi connectivity index (χ2v) is 3.29. The molecule has 0 aromatic carbocycles. The van der Waals surface area contributed by atoms with Crippen LogP contribution >= 0.6 is 0 Å². The highest BCUT2D eigenvalue weighted by atomic mass is 16.5. The molecule has 2 atom stereocenters. The molecule has 2 unspecified atom stereocenters. The molecule has 0 aromatic rings. The predicted octanol–water partition coefficient (Wildman–Crippen LogP) is -0.302. The van der Waals surface area contributed by atoms with Crippen molar-refractivity contribution in [2.24, 2.45) is 17.4 Å². The van der Waals surface area contributed by atoms with Crippen molar-refractivity contribution in [2.75, 3.05) is 26.3 Å². The zero-order chi connectivity index (χ0) is 10.3. The molecular weight excluding hydrogens is 168 g/mol. The minimum absolute atomic E-state index is 0.0176. The van der Waals surface area contributed by atoms with E-state index in [9.17, 15) is 5.11 Å². The molecule has 4 nitrogen and oxygen atoms in total. The van der Waals surface area contributed by atoms with Gasteiger partial charge in [-0.3, -0.25) is 0 Å². The van der Waals surface area contributed by atoms with Crippen molar-refractivity contribution in [3.63, 3.8) is 0 Å². The Balaban J connectivity index is 4.21. The zero-order valence-electron chi connectivity index (χ0n) is 8.62. The first kappa shape index (κ1) is 12.8. The van der Waals surface area contributed by atoms with E-state index in [0.29, 0.717) is 13.2 Å². The minimum Gasteiger partial charge on any atom is -0.386 e. The van der Waals surface area contributed by atoms with Crippen LogP contribution in [0.5, 0.6) is 0 Å². The third-order valence-electron chi connectivity index (χ3n) is 2.45. The van der Waals surface area contributed by atoms with E-state index in [-0.39, 0.29) is 19.1 Å². The van der Waals surface area contributed by atoms with E-state index >= 15 is 0 Å². The molecule has 0 heterocycles. The molecule has 0 fully saturated rings. The molecule has 0 aliphatic carbocycles. The van der Waals surface area contributed by atoms with Crippen molar-refractivity contribution < 1.29 is 9.84 Å². The normalized spacial score (nSPS) is 18.2. The van der Waals surface area contributed by atoms with E-state index in [1.165, 1.54) is 0 Å². The summed E-state index contributed by atoms with van der Waals surface area (Å²) in [6.45, 7) is 5.38. The van der Waals surface area contributed by atoms with E-state index in [4.69, 9.17) is 16.2 Å². The lowest BCUT2D eigenvalue weighted by Gasteiger charge is -2.33. The largest absolute Gasteiger partial charge is 0.386 e. The summed E-state index contributed by atoms with van der Waals surface area (Å²) in [5.41, 5.74) is 10.1. The Morgan fingerprint density at radius 1 is 1.38 bits per heavy atom. The van der Waals surface area contributed by atoms with Crippen LogP contribution in [-0.2, 0) is 4.74 Å². The van der Waals surface area contributed by atoms with Gasteiger partial charge in [-0.05, 0) is 19.9 Å². The van der Waals surface area contributed by atoms with E-state index in [1.807, 2.05) is 13.8 Å². The third-order valence-corrected chi connectivity index (χ3v) is 2.45. The van der Waals surface area contributed by atoms with Crippen LogP contribution < -0.4 is 11.5 Å². The zero-order valence-corrected chi connectivity index (χ0v) is 8.62. The molecule has 80 valence electrons. The van der Waals surface area contributed by atoms with E-state index in [0.717, 1.165) is 6.42 Å². The molecule has 13 heavy (non-hydrogen) atoms. The van der Waals surface area contributed by atoms with Gasteiger partial charge in [0, 0.05) is 19.1 Å². The molecule has 0 aliphatic heterocycles. The quantitative estimate of drug-likeness (QED) is 0.514. The van der Waals surface area contributed by atoms with Gasteiger partial charge < -0.3 is 21.3 Å². The summed E-state index contributed by atoms with van der Waals surface area (Å²) in [6, 6.07) is 0. The molecule has 0 amide bonds. The van der Waals surface area contributed by atoms with Crippen molar-refractivity contribution >= 4 is 0 Å². The molecule has 0 radical (unpaired) electrons. The minimum atomic E-state index is -0.959. The first-order valence-electron chi connectivity index (χ1n) is 4.84. The van der Waals surface area contributed by atoms with Crippen molar-refractivity contribution in [1.29, 1.82) is 0 Å². The summed E-state index contributed by atoms with van der Waals surface area (Å²) in [5.74, 6) is 0.0176. The van der Waals surface area contributed by atoms with Gasteiger partial charge in [0.05, 0.1) is 6.61 Å². The summed E-state index contributed by atoms with van der Waals surface area (Å²) in [4.78, 5) is 0. The molecule has 0 aliphatic rings. The summed E-state index contributed by atoms with van der Waals surface area (Å²) in [6.07, 6.45) is 0.817. The van der Waals surface area contributed by atoms with Crippen molar-refractivity contribution in [3.05, 3.63) is 0 Å². The van der Waals surface area contributed by atoms with Crippen LogP contribution in [0.15, 0.2) is 0 Å². The van der Waals surface area contributed by atoms with Gasteiger partial charge in [-0.1, -0.05) is 6.92 Å². The van der Waals surface area contributed by atoms with Crippen molar-refractivity contribution in [1.82, 2.24) is 0 Å². The molecule has 0 bridgehead atoms. The van der Waals surface area contributed by atoms with Crippen LogP contribution in [0, 0.1) is 5.92 Å². The number of hydrogen-bond donors (Lipinski definition) is 3. The molecule has 4 heteroatoms. The standard InChI is InChI=1S/C9H22N2O2/c1-3-8(5-10)9(12,6-11)7-13-4-2/h8,12H,3-7,10-11H2,1-2H3. The average molecular weight is 190 g/mol. The monoisotopic (exact) mass is 190 g/mol. The molecular formula is C9H22N2O2. The number of ether oxygens (including phenoxy) is 1. The van der Waals surface area contributed by atoms with Gasteiger partial charge in [-0.2, -0.15) is 0 Å². The first-order valence-corrected chi connectivity index (χ1v) is 4.84. The van der Waals surface area contributed by atoms with Crippen LogP contribution in [0.1, 0.15) is 20.3 Å². The molecule has 0 saturated carbocycles. The van der Waals surface area contributed by atoms with Crippen LogP contribution in [0.3, 0.4) is 0 Å². The summed E-state index contributed by atoms with van der Waals surface area (Å²) in [7, 11) is 0. The van der Waals surface area contributed by atoms with E-state index < -0.39 is 5.60 Å². The Morgan fingerprint density at radius 2 is 2.00 bits per heavy atom. The summed E-state index contributed by atoms with van der Waals surface area (Å²) >= 11 is 0. The smallest absolute Gasteiger partial charge is 0.104 e. The maximum Gasteiger partial charge on any atom is 0.104 e. The fraction of sp³-hybridized carbons (Fsp3) is 1.00. The third kappa shape index (κ3) is 3.60. The van der Waals surface area contributed by atoms with Gasteiger partial charge in [0.2, 0.25) is 0 Å². The van der Waals surface area contributed by atoms with Crippen LogP contribution in [0.25, 0.3) is 0 Å². The molecule has 0 aromatic heterocycles. The lowest BCUT2D eigenvalue weighted by Crippen LogP contribution is -2.51. The lowest BCUT2D eigenvalue weighted by atomic mass is 9.86. The van der Waals surface area contributed by atoms with Gasteiger partial charge in [0.15, 0.2) is 0 Å². The second kappa shape index (κ2) is 6.32. The van der Waals surface area contributed by atoms with Crippen LogP contribution in [0.2, 0.25) is 0 Å². The first-order chi connectivity index (χ1) is 6.14. The second-order valence-electron chi connectivity index (χ2n) is 3.29. The molecule has 0 rings (SSSR count). The number of rotatable bonds is 7. The summed E-state index contributed by atoms with van der Waals surface area (Å²) in [5, 5.41) is 10.1. The van der Waals surface area contributed by atoms with Crippen molar-refractivity contribution in [3.8, 4) is 0 Å². The number of hydrogen-bond acceptors (Lipinski definition) is 4. The SMILES string of the molecule is CCOCC(O)(CN)C(CC)CN. The Labute approximate surface area is 80.2 Å². The number of nitrogens with two attached hydrogens (primary N) is 2. The van der Waals surface area contributed by atoms with Crippen LogP contribution in [-0.4, -0.2) is 37.0 Å². The topological polar surface area (TPSA) is 81.5 Å². The Kier molecular flexibility index (Phi) is 6.24. The summed E-state index contributed by atoms with van der Waals surface area (Å²) < 4.78 is 5.19. The van der Waals surface area contributed by atoms with Gasteiger partial charge in [0.1, 0.15) is 5.60 Å². The Bertz CT molecular complexity index is 129. The maximum atomic E-state index is 10.1. The molecule has 0 saturated heterocycles. The van der Waals surface area contributed by atoms with E-state index in [2.05, 4.69) is 0 Å². The molecule has 5 N–H and O–H groups in total. The highest BCUT2D eigenvalue weighted by Crippen LogP contribution is 2.19. The molecule has 0 spiro atoms. The van der Waals surface area contributed by atoms with E-state index in [1.54, 1.807) is 0 Å². The van der Waals surface area contributed by atoms with Crippen LogP contribution in [0.4, 0.5) is 0 Å². The fourth-order valence-corrected chi connectivity index (χ4v) is 1.39. The Morgan fingerprint density at radius 3 is 2.31 bits per heavy atom. The highest BCUT2D eigenvalue weighted by molar-refractivity contribution is 4.87. The average Bonchev–Trinajstić information content (AvgIpc) is 2.16.